The zero-order valence-electron chi connectivity index (χ0n) is 9.71. The average molecular weight is 235 g/mol. The molecule has 0 amide bonds. The molecule has 0 unspecified atom stereocenters. The van der Waals surface area contributed by atoms with Gasteiger partial charge in [-0.2, -0.15) is 0 Å². The first kappa shape index (κ1) is 11.4. The number of aromatic nitrogens is 1. The second-order valence-electron chi connectivity index (χ2n) is 3.94. The minimum Gasteiger partial charge on any atom is -0.361 e. The van der Waals surface area contributed by atoms with Gasteiger partial charge >= 0.3 is 0 Å². The molecule has 16 heavy (non-hydrogen) atoms. The SMILES string of the molecule is Cc1ccc2sc(NCCCN)nc2c1C. The number of fused-ring (bicyclic) bond motifs is 1. The summed E-state index contributed by atoms with van der Waals surface area (Å²) in [7, 11) is 0. The van der Waals surface area contributed by atoms with Gasteiger partial charge in [-0.05, 0) is 44.0 Å². The fourth-order valence-corrected chi connectivity index (χ4v) is 2.55. The van der Waals surface area contributed by atoms with E-state index in [1.807, 2.05) is 0 Å². The molecule has 4 heteroatoms. The Morgan fingerprint density at radius 3 is 2.94 bits per heavy atom. The van der Waals surface area contributed by atoms with Crippen molar-refractivity contribution in [1.82, 2.24) is 4.98 Å². The van der Waals surface area contributed by atoms with Crippen LogP contribution in [-0.2, 0) is 0 Å². The van der Waals surface area contributed by atoms with E-state index in [1.165, 1.54) is 15.8 Å². The normalized spacial score (nSPS) is 10.9. The van der Waals surface area contributed by atoms with E-state index in [2.05, 4.69) is 36.3 Å². The van der Waals surface area contributed by atoms with Gasteiger partial charge < -0.3 is 11.1 Å². The summed E-state index contributed by atoms with van der Waals surface area (Å²) in [5, 5.41) is 4.31. The third-order valence-electron chi connectivity index (χ3n) is 2.74. The Morgan fingerprint density at radius 2 is 2.19 bits per heavy atom. The van der Waals surface area contributed by atoms with E-state index in [4.69, 9.17) is 5.73 Å². The number of hydrogen-bond donors (Lipinski definition) is 2. The van der Waals surface area contributed by atoms with E-state index in [0.29, 0.717) is 0 Å². The number of nitrogens with one attached hydrogen (secondary N) is 1. The van der Waals surface area contributed by atoms with Crippen molar-refractivity contribution in [2.45, 2.75) is 20.3 Å². The van der Waals surface area contributed by atoms with Crippen molar-refractivity contribution < 1.29 is 0 Å². The molecule has 3 N–H and O–H groups in total. The zero-order valence-corrected chi connectivity index (χ0v) is 10.5. The smallest absolute Gasteiger partial charge is 0.183 e. The molecule has 2 rings (SSSR count). The van der Waals surface area contributed by atoms with Crippen molar-refractivity contribution in [3.8, 4) is 0 Å². The molecule has 3 nitrogen and oxygen atoms in total. The molecular weight excluding hydrogens is 218 g/mol. The molecule has 0 aliphatic heterocycles. The van der Waals surface area contributed by atoms with Crippen LogP contribution in [0.3, 0.4) is 0 Å². The van der Waals surface area contributed by atoms with E-state index in [1.54, 1.807) is 11.3 Å². The molecule has 0 spiro atoms. The second kappa shape index (κ2) is 4.80. The maximum absolute atomic E-state index is 5.45. The van der Waals surface area contributed by atoms with Crippen LogP contribution in [0.15, 0.2) is 12.1 Å². The topological polar surface area (TPSA) is 50.9 Å². The number of hydrogen-bond acceptors (Lipinski definition) is 4. The number of thiazole rings is 1. The molecule has 0 atom stereocenters. The molecule has 1 aromatic carbocycles. The van der Waals surface area contributed by atoms with Crippen molar-refractivity contribution in [2.75, 3.05) is 18.4 Å². The highest BCUT2D eigenvalue weighted by Crippen LogP contribution is 2.29. The van der Waals surface area contributed by atoms with Gasteiger partial charge in [0.1, 0.15) is 0 Å². The van der Waals surface area contributed by atoms with Gasteiger partial charge in [-0.25, -0.2) is 4.98 Å². The van der Waals surface area contributed by atoms with E-state index < -0.39 is 0 Å². The molecule has 86 valence electrons. The van der Waals surface area contributed by atoms with Gasteiger partial charge in [0.15, 0.2) is 5.13 Å². The van der Waals surface area contributed by atoms with Crippen molar-refractivity contribution in [3.05, 3.63) is 23.3 Å². The average Bonchev–Trinajstić information content (AvgIpc) is 2.68. The third-order valence-corrected chi connectivity index (χ3v) is 3.72. The van der Waals surface area contributed by atoms with Crippen molar-refractivity contribution >= 4 is 26.7 Å². The summed E-state index contributed by atoms with van der Waals surface area (Å²) in [4.78, 5) is 4.61. The molecular formula is C12H17N3S. The van der Waals surface area contributed by atoms with E-state index >= 15 is 0 Å². The summed E-state index contributed by atoms with van der Waals surface area (Å²) in [5.74, 6) is 0. The van der Waals surface area contributed by atoms with Crippen LogP contribution in [0.25, 0.3) is 10.2 Å². The lowest BCUT2D eigenvalue weighted by molar-refractivity contribution is 0.873. The Kier molecular flexibility index (Phi) is 3.41. The van der Waals surface area contributed by atoms with Gasteiger partial charge in [0.25, 0.3) is 0 Å². The number of anilines is 1. The van der Waals surface area contributed by atoms with Gasteiger partial charge in [0, 0.05) is 6.54 Å². The zero-order chi connectivity index (χ0) is 11.5. The number of nitrogens with two attached hydrogens (primary N) is 1. The molecule has 0 saturated carbocycles. The maximum atomic E-state index is 5.45. The number of aryl methyl sites for hydroxylation is 2. The predicted molar refractivity (Wildman–Crippen MR) is 71.3 cm³/mol. The van der Waals surface area contributed by atoms with E-state index in [-0.39, 0.29) is 0 Å². The van der Waals surface area contributed by atoms with Crippen molar-refractivity contribution in [3.63, 3.8) is 0 Å². The largest absolute Gasteiger partial charge is 0.361 e. The third kappa shape index (κ3) is 2.18. The van der Waals surface area contributed by atoms with Crippen LogP contribution in [0.1, 0.15) is 17.5 Å². The van der Waals surface area contributed by atoms with Gasteiger partial charge in [-0.15, -0.1) is 0 Å². The summed E-state index contributed by atoms with van der Waals surface area (Å²) in [6.07, 6.45) is 0.980. The summed E-state index contributed by atoms with van der Waals surface area (Å²) in [6, 6.07) is 4.29. The lowest BCUT2D eigenvalue weighted by Crippen LogP contribution is -2.07. The molecule has 0 aliphatic carbocycles. The molecule has 1 aromatic heterocycles. The van der Waals surface area contributed by atoms with Gasteiger partial charge in [0.2, 0.25) is 0 Å². The highest BCUT2D eigenvalue weighted by molar-refractivity contribution is 7.22. The predicted octanol–water partition coefficient (Wildman–Crippen LogP) is 2.67. The van der Waals surface area contributed by atoms with Gasteiger partial charge in [-0.1, -0.05) is 17.4 Å². The van der Waals surface area contributed by atoms with E-state index in [9.17, 15) is 0 Å². The van der Waals surface area contributed by atoms with Gasteiger partial charge in [0.05, 0.1) is 10.2 Å². The Labute approximate surface area is 99.7 Å². The van der Waals surface area contributed by atoms with Crippen LogP contribution in [0, 0.1) is 13.8 Å². The highest BCUT2D eigenvalue weighted by Gasteiger charge is 2.06. The first-order valence-electron chi connectivity index (χ1n) is 5.53. The van der Waals surface area contributed by atoms with Crippen molar-refractivity contribution in [2.24, 2.45) is 5.73 Å². The molecule has 2 aromatic rings. The number of nitrogens with zero attached hydrogens (tertiary/aromatic N) is 1. The number of benzene rings is 1. The summed E-state index contributed by atoms with van der Waals surface area (Å²) < 4.78 is 1.25. The molecule has 0 aliphatic rings. The van der Waals surface area contributed by atoms with Crippen LogP contribution >= 0.6 is 11.3 Å². The monoisotopic (exact) mass is 235 g/mol. The van der Waals surface area contributed by atoms with Crippen molar-refractivity contribution in [1.29, 1.82) is 0 Å². The Hall–Kier alpha value is -1.13. The quantitative estimate of drug-likeness (QED) is 0.801. The molecule has 0 saturated heterocycles. The fourth-order valence-electron chi connectivity index (χ4n) is 1.60. The Bertz CT molecular complexity index is 490. The van der Waals surface area contributed by atoms with Crippen LogP contribution in [0.4, 0.5) is 5.13 Å². The summed E-state index contributed by atoms with van der Waals surface area (Å²) >= 11 is 1.71. The fraction of sp³-hybridized carbons (Fsp3) is 0.417. The first-order valence-corrected chi connectivity index (χ1v) is 6.34. The first-order chi connectivity index (χ1) is 7.72. The van der Waals surface area contributed by atoms with Crippen LogP contribution in [-0.4, -0.2) is 18.1 Å². The molecule has 1 heterocycles. The van der Waals surface area contributed by atoms with Gasteiger partial charge in [-0.3, -0.25) is 0 Å². The molecule has 0 bridgehead atoms. The van der Waals surface area contributed by atoms with Crippen LogP contribution in [0.5, 0.6) is 0 Å². The summed E-state index contributed by atoms with van der Waals surface area (Å²) in [6.45, 7) is 5.86. The highest BCUT2D eigenvalue weighted by atomic mass is 32.1. The van der Waals surface area contributed by atoms with Crippen LogP contribution < -0.4 is 11.1 Å². The Balaban J connectivity index is 2.26. The molecule has 0 fully saturated rings. The Morgan fingerprint density at radius 1 is 1.38 bits per heavy atom. The maximum Gasteiger partial charge on any atom is 0.183 e. The summed E-state index contributed by atoms with van der Waals surface area (Å²) in [5.41, 5.74) is 9.16. The standard InChI is InChI=1S/C12H17N3S/c1-8-4-5-10-11(9(8)2)15-12(16-10)14-7-3-6-13/h4-5H,3,6-7,13H2,1-2H3,(H,14,15). The minimum atomic E-state index is 0.718. The minimum absolute atomic E-state index is 0.718. The second-order valence-corrected chi connectivity index (χ2v) is 4.97. The molecule has 0 radical (unpaired) electrons. The lowest BCUT2D eigenvalue weighted by atomic mass is 10.1. The van der Waals surface area contributed by atoms with Crippen LogP contribution in [0.2, 0.25) is 0 Å². The lowest BCUT2D eigenvalue weighted by Gasteiger charge is -1.99. The number of rotatable bonds is 4. The van der Waals surface area contributed by atoms with E-state index in [0.717, 1.165) is 30.2 Å².